The molecule has 0 amide bonds. The van der Waals surface area contributed by atoms with Crippen LogP contribution in [-0.4, -0.2) is 30.2 Å². The second-order valence-corrected chi connectivity index (χ2v) is 5.17. The van der Waals surface area contributed by atoms with Crippen LogP contribution in [0.15, 0.2) is 0 Å². The maximum Gasteiger partial charge on any atom is 0.135 e. The van der Waals surface area contributed by atoms with E-state index in [0.717, 1.165) is 13.0 Å². The molecule has 0 bridgehead atoms. The predicted octanol–water partition coefficient (Wildman–Crippen LogP) is 3.34. The zero-order valence-corrected chi connectivity index (χ0v) is 12.3. The van der Waals surface area contributed by atoms with Crippen LogP contribution in [-0.2, 0) is 9.53 Å². The number of ketones is 1. The lowest BCUT2D eigenvalue weighted by Crippen LogP contribution is -2.17. The number of aliphatic hydroxyl groups is 1. The molecule has 1 fully saturated rings. The lowest BCUT2D eigenvalue weighted by Gasteiger charge is -2.21. The van der Waals surface area contributed by atoms with Crippen molar-refractivity contribution in [2.24, 2.45) is 5.92 Å². The standard InChI is InChI=1S/C13H24O2.C2H6O/c1-11(2)13(14)9-6-10-15-12-7-4-3-5-8-12;1-2-3/h11-12H,3-10H2,1-2H3;3H,2H2,1H3. The van der Waals surface area contributed by atoms with Gasteiger partial charge in [0.25, 0.3) is 0 Å². The third kappa shape index (κ3) is 9.60. The molecule has 0 saturated heterocycles. The van der Waals surface area contributed by atoms with Crippen LogP contribution in [0.2, 0.25) is 0 Å². The van der Waals surface area contributed by atoms with Crippen molar-refractivity contribution in [1.82, 2.24) is 0 Å². The third-order valence-electron chi connectivity index (χ3n) is 3.12. The molecule has 1 aliphatic carbocycles. The van der Waals surface area contributed by atoms with Gasteiger partial charge in [-0.1, -0.05) is 33.1 Å². The van der Waals surface area contributed by atoms with Gasteiger partial charge in [0, 0.05) is 25.6 Å². The van der Waals surface area contributed by atoms with Gasteiger partial charge < -0.3 is 9.84 Å². The molecule has 1 N–H and O–H groups in total. The first-order valence-electron chi connectivity index (χ1n) is 7.37. The van der Waals surface area contributed by atoms with E-state index in [0.29, 0.717) is 18.3 Å². The zero-order valence-electron chi connectivity index (χ0n) is 12.3. The number of aliphatic hydroxyl groups excluding tert-OH is 1. The topological polar surface area (TPSA) is 46.5 Å². The van der Waals surface area contributed by atoms with Crippen molar-refractivity contribution in [3.8, 4) is 0 Å². The van der Waals surface area contributed by atoms with Crippen LogP contribution < -0.4 is 0 Å². The van der Waals surface area contributed by atoms with Crippen LogP contribution in [0.5, 0.6) is 0 Å². The Hall–Kier alpha value is -0.410. The van der Waals surface area contributed by atoms with E-state index >= 15 is 0 Å². The van der Waals surface area contributed by atoms with Crippen LogP contribution in [0.3, 0.4) is 0 Å². The van der Waals surface area contributed by atoms with E-state index in [1.54, 1.807) is 6.92 Å². The van der Waals surface area contributed by atoms with Crippen LogP contribution in [0.1, 0.15) is 65.7 Å². The van der Waals surface area contributed by atoms with Gasteiger partial charge in [0.2, 0.25) is 0 Å². The van der Waals surface area contributed by atoms with Gasteiger partial charge in [-0.25, -0.2) is 0 Å². The normalized spacial score (nSPS) is 16.3. The van der Waals surface area contributed by atoms with E-state index in [1.807, 2.05) is 13.8 Å². The monoisotopic (exact) mass is 258 g/mol. The van der Waals surface area contributed by atoms with Gasteiger partial charge in [-0.15, -0.1) is 0 Å². The Labute approximate surface area is 112 Å². The summed E-state index contributed by atoms with van der Waals surface area (Å²) in [5.41, 5.74) is 0. The fourth-order valence-corrected chi connectivity index (χ4v) is 2.02. The van der Waals surface area contributed by atoms with Gasteiger partial charge in [-0.3, -0.25) is 4.79 Å². The predicted molar refractivity (Wildman–Crippen MR) is 74.7 cm³/mol. The third-order valence-corrected chi connectivity index (χ3v) is 3.12. The highest BCUT2D eigenvalue weighted by atomic mass is 16.5. The Morgan fingerprint density at radius 3 is 2.33 bits per heavy atom. The Kier molecular flexibility index (Phi) is 11.4. The van der Waals surface area contributed by atoms with Gasteiger partial charge in [0.1, 0.15) is 5.78 Å². The number of carbonyl (C=O) groups excluding carboxylic acids is 1. The van der Waals surface area contributed by atoms with Crippen molar-refractivity contribution in [2.75, 3.05) is 13.2 Å². The maximum atomic E-state index is 11.3. The summed E-state index contributed by atoms with van der Waals surface area (Å²) in [5.74, 6) is 0.543. The summed E-state index contributed by atoms with van der Waals surface area (Å²) in [5, 5.41) is 7.57. The van der Waals surface area contributed by atoms with E-state index in [2.05, 4.69) is 0 Å². The molecule has 0 heterocycles. The van der Waals surface area contributed by atoms with Crippen molar-refractivity contribution in [2.45, 2.75) is 71.8 Å². The van der Waals surface area contributed by atoms with Crippen molar-refractivity contribution >= 4 is 5.78 Å². The van der Waals surface area contributed by atoms with Crippen molar-refractivity contribution in [3.05, 3.63) is 0 Å². The van der Waals surface area contributed by atoms with Crippen LogP contribution in [0, 0.1) is 5.92 Å². The Morgan fingerprint density at radius 2 is 1.83 bits per heavy atom. The Morgan fingerprint density at radius 1 is 1.28 bits per heavy atom. The summed E-state index contributed by atoms with van der Waals surface area (Å²) in [6.45, 7) is 6.62. The average molecular weight is 258 g/mol. The minimum Gasteiger partial charge on any atom is -0.397 e. The van der Waals surface area contributed by atoms with E-state index in [9.17, 15) is 4.79 Å². The summed E-state index contributed by atoms with van der Waals surface area (Å²) in [6, 6.07) is 0. The largest absolute Gasteiger partial charge is 0.397 e. The molecule has 0 unspecified atom stereocenters. The molecule has 3 heteroatoms. The number of hydrogen-bond donors (Lipinski definition) is 1. The molecule has 0 atom stereocenters. The number of carbonyl (C=O) groups is 1. The molecule has 0 aromatic carbocycles. The SMILES string of the molecule is CC(C)C(=O)CCCOC1CCCCC1.CCO. The second kappa shape index (κ2) is 11.7. The van der Waals surface area contributed by atoms with Crippen LogP contribution >= 0.6 is 0 Å². The van der Waals surface area contributed by atoms with Crippen LogP contribution in [0.25, 0.3) is 0 Å². The van der Waals surface area contributed by atoms with Gasteiger partial charge in [0.15, 0.2) is 0 Å². The van der Waals surface area contributed by atoms with E-state index in [-0.39, 0.29) is 12.5 Å². The molecule has 0 aromatic heterocycles. The number of ether oxygens (including phenoxy) is 1. The number of rotatable bonds is 6. The molecule has 0 radical (unpaired) electrons. The molecule has 0 aliphatic heterocycles. The highest BCUT2D eigenvalue weighted by Gasteiger charge is 2.13. The quantitative estimate of drug-likeness (QED) is 0.743. The molecule has 0 aromatic rings. The van der Waals surface area contributed by atoms with Gasteiger partial charge >= 0.3 is 0 Å². The first kappa shape index (κ1) is 17.6. The van der Waals surface area contributed by atoms with E-state index in [4.69, 9.17) is 9.84 Å². The summed E-state index contributed by atoms with van der Waals surface area (Å²) in [4.78, 5) is 11.3. The molecule has 1 aliphatic rings. The molecule has 108 valence electrons. The highest BCUT2D eigenvalue weighted by molar-refractivity contribution is 5.80. The van der Waals surface area contributed by atoms with Crippen molar-refractivity contribution < 1.29 is 14.6 Å². The Bertz CT molecular complexity index is 196. The molecule has 1 rings (SSSR count). The van der Waals surface area contributed by atoms with Gasteiger partial charge in [-0.05, 0) is 26.2 Å². The number of Topliss-reactive ketones (excluding diaryl/α,β-unsaturated/α-hetero) is 1. The maximum absolute atomic E-state index is 11.3. The first-order valence-corrected chi connectivity index (χ1v) is 7.37. The van der Waals surface area contributed by atoms with Crippen molar-refractivity contribution in [1.29, 1.82) is 0 Å². The average Bonchev–Trinajstić information content (AvgIpc) is 2.36. The highest BCUT2D eigenvalue weighted by Crippen LogP contribution is 2.20. The van der Waals surface area contributed by atoms with E-state index < -0.39 is 0 Å². The summed E-state index contributed by atoms with van der Waals surface area (Å²) in [7, 11) is 0. The fourth-order valence-electron chi connectivity index (χ4n) is 2.02. The van der Waals surface area contributed by atoms with Crippen LogP contribution in [0.4, 0.5) is 0 Å². The molecular weight excluding hydrogens is 228 g/mol. The molecular formula is C15H30O3. The lowest BCUT2D eigenvalue weighted by molar-refractivity contribution is -0.122. The summed E-state index contributed by atoms with van der Waals surface area (Å²) >= 11 is 0. The fraction of sp³-hybridized carbons (Fsp3) is 0.933. The number of hydrogen-bond acceptors (Lipinski definition) is 3. The molecule has 3 nitrogen and oxygen atoms in total. The lowest BCUT2D eigenvalue weighted by atomic mass is 9.98. The Balaban J connectivity index is 0.000000873. The summed E-state index contributed by atoms with van der Waals surface area (Å²) in [6.07, 6.45) is 8.50. The molecule has 18 heavy (non-hydrogen) atoms. The minimum atomic E-state index is 0.180. The smallest absolute Gasteiger partial charge is 0.135 e. The zero-order chi connectivity index (χ0) is 13.8. The van der Waals surface area contributed by atoms with Gasteiger partial charge in [0.05, 0.1) is 6.10 Å². The molecule has 0 spiro atoms. The van der Waals surface area contributed by atoms with Crippen molar-refractivity contribution in [3.63, 3.8) is 0 Å². The minimum absolute atomic E-state index is 0.180. The summed E-state index contributed by atoms with van der Waals surface area (Å²) < 4.78 is 5.76. The van der Waals surface area contributed by atoms with Gasteiger partial charge in [-0.2, -0.15) is 0 Å². The second-order valence-electron chi connectivity index (χ2n) is 5.17. The first-order chi connectivity index (χ1) is 8.61. The molecule has 1 saturated carbocycles. The van der Waals surface area contributed by atoms with E-state index in [1.165, 1.54) is 32.1 Å².